The average molecular weight is 1700 g/mol. The van der Waals surface area contributed by atoms with Crippen LogP contribution in [0.1, 0.15) is 121 Å². The number of aliphatic carboxylic acids is 1. The van der Waals surface area contributed by atoms with Crippen LogP contribution in [0.5, 0.6) is 0 Å². The SMILES string of the molecule is C=CC(=O)NC.C=CC(=O)OC.C=CCC.C=CCCC=COC.C=CCN[C@@H](Cc1ccccc1)C(=O)CC.C=CCOCOC.C=COC.C=COCOC.CC.CC.CC(=O)O.CC=CC(=O)[C@@H](N)Cc1ccccc1.CCO.CCS.CN=C=O.CNCO.COCC1(C)COC1.[2H][C-]1OC1C.[W]. The molecule has 0 spiro atoms. The van der Waals surface area contributed by atoms with Gasteiger partial charge < -0.3 is 79.1 Å². The third-order valence-electron chi connectivity index (χ3n) is 9.29. The number of carbonyl (C=O) groups is 5. The number of Topliss-reactive ketones (excluding diaryl/α,β-unsaturated/α-hetero) is 1. The minimum atomic E-state index is -0.833. The van der Waals surface area contributed by atoms with Gasteiger partial charge in [-0.1, -0.05) is 186 Å². The summed E-state index contributed by atoms with van der Waals surface area (Å²) in [4.78, 5) is 63.7. The number of rotatable bonds is 29. The van der Waals surface area contributed by atoms with Crippen molar-refractivity contribution < 1.29 is 114 Å². The van der Waals surface area contributed by atoms with Crippen LogP contribution in [-0.4, -0.2) is 198 Å². The maximum absolute atomic E-state index is 11.7. The van der Waals surface area contributed by atoms with Gasteiger partial charge in [-0.15, -0.1) is 26.3 Å². The quantitative estimate of drug-likeness (QED) is 0.00321. The van der Waals surface area contributed by atoms with Crippen molar-refractivity contribution in [3.63, 3.8) is 0 Å². The van der Waals surface area contributed by atoms with E-state index in [1.54, 1.807) is 81.1 Å². The van der Waals surface area contributed by atoms with Crippen LogP contribution in [0.4, 0.5) is 0 Å². The molecule has 2 aliphatic rings. The molecule has 1 unspecified atom stereocenters. The molecule has 2 aliphatic heterocycles. The summed E-state index contributed by atoms with van der Waals surface area (Å²) in [6.45, 7) is 54.8. The number of benzene rings is 2. The first-order valence-electron chi connectivity index (χ1n) is 34.2. The molecule has 2 saturated heterocycles. The van der Waals surface area contributed by atoms with E-state index in [-0.39, 0.29) is 64.0 Å². The van der Waals surface area contributed by atoms with E-state index < -0.39 is 18.0 Å². The first-order valence-corrected chi connectivity index (χ1v) is 34.3. The zero-order valence-electron chi connectivity index (χ0n) is 69.7. The smallest absolute Gasteiger partial charge is 0.329 e. The number of carbonyl (C=O) groups excluding carboxylic acids is 5. The topological polar surface area (TPSA) is 333 Å². The molecule has 2 heterocycles. The third-order valence-corrected chi connectivity index (χ3v) is 9.29. The Hall–Kier alpha value is -7.03. The van der Waals surface area contributed by atoms with E-state index in [9.17, 15) is 19.2 Å². The molecule has 0 saturated carbocycles. The number of nitrogens with one attached hydrogen (secondary N) is 3. The number of hydrogen-bond acceptors (Lipinski definition) is 23. The van der Waals surface area contributed by atoms with E-state index in [0.29, 0.717) is 51.6 Å². The van der Waals surface area contributed by atoms with E-state index >= 15 is 0 Å². The molecule has 2 fully saturated rings. The van der Waals surface area contributed by atoms with Crippen molar-refractivity contribution >= 4 is 48.1 Å². The fourth-order valence-electron chi connectivity index (χ4n) is 4.72. The summed E-state index contributed by atoms with van der Waals surface area (Å²) in [7, 11) is 14.0. The van der Waals surface area contributed by atoms with Gasteiger partial charge in [0.25, 0.3) is 5.97 Å². The summed E-state index contributed by atoms with van der Waals surface area (Å²) in [5.74, 6) is -0.188. The Balaban J connectivity index is -0.0000000664. The zero-order valence-corrected chi connectivity index (χ0v) is 72.5. The fraction of sp³-hybridized carbons (Fsp3) is 0.512. The Morgan fingerprint density at radius 1 is 0.792 bits per heavy atom. The van der Waals surface area contributed by atoms with Gasteiger partial charge in [-0.2, -0.15) is 20.6 Å². The molecule has 2 aromatic carbocycles. The first kappa shape index (κ1) is 132. The number of carboxylic acids is 1. The summed E-state index contributed by atoms with van der Waals surface area (Å²) in [5.41, 5.74) is 8.34. The summed E-state index contributed by atoms with van der Waals surface area (Å²) in [6.07, 6.45) is 25.7. The van der Waals surface area contributed by atoms with Crippen LogP contribution < -0.4 is 21.7 Å². The van der Waals surface area contributed by atoms with E-state index in [1.807, 2.05) is 134 Å². The Kier molecular flexibility index (Phi) is 166. The molecule has 1 amide bonds. The van der Waals surface area contributed by atoms with Gasteiger partial charge in [-0.25, -0.2) is 14.6 Å². The van der Waals surface area contributed by atoms with Gasteiger partial charge in [0.05, 0.1) is 85.4 Å². The average Bonchev–Trinajstić information content (AvgIpc) is 1.45. The molecule has 618 valence electrons. The Morgan fingerprint density at radius 3 is 1.44 bits per heavy atom. The van der Waals surface area contributed by atoms with Crippen molar-refractivity contribution in [1.29, 1.82) is 0 Å². The fourth-order valence-corrected chi connectivity index (χ4v) is 4.72. The predicted molar refractivity (Wildman–Crippen MR) is 440 cm³/mol. The zero-order chi connectivity index (χ0) is 85.3. The number of epoxide rings is 1. The van der Waals surface area contributed by atoms with E-state index in [4.69, 9.17) is 46.2 Å². The van der Waals surface area contributed by atoms with Gasteiger partial charge in [0, 0.05) is 94.5 Å². The van der Waals surface area contributed by atoms with Crippen molar-refractivity contribution in [2.24, 2.45) is 16.1 Å². The van der Waals surface area contributed by atoms with Crippen LogP contribution >= 0.6 is 12.6 Å². The molecule has 0 radical (unpaired) electrons. The maximum atomic E-state index is 11.7. The number of thiol groups is 1. The molecule has 26 heteroatoms. The van der Waals surface area contributed by atoms with Gasteiger partial charge in [0.2, 0.25) is 12.0 Å². The molecule has 106 heavy (non-hydrogen) atoms. The minimum absolute atomic E-state index is 0. The van der Waals surface area contributed by atoms with Gasteiger partial charge >= 0.3 is 5.97 Å². The summed E-state index contributed by atoms with van der Waals surface area (Å²) in [5, 5.41) is 30.8. The number of esters is 1. The molecule has 3 atom stereocenters. The Morgan fingerprint density at radius 2 is 1.23 bits per heavy atom. The largest absolute Gasteiger partial charge is 0.570 e. The number of unbranched alkanes of at least 4 members (excludes halogenated alkanes) is 1. The second-order valence-electron chi connectivity index (χ2n) is 18.5. The number of methoxy groups -OCH3 is 6. The first-order chi connectivity index (χ1) is 50.7. The number of aliphatic hydroxyl groups is 2. The van der Waals surface area contributed by atoms with Crippen molar-refractivity contribution in [2.75, 3.05) is 129 Å². The summed E-state index contributed by atoms with van der Waals surface area (Å²) in [6, 6.07) is 19.3. The van der Waals surface area contributed by atoms with Crippen molar-refractivity contribution in [1.82, 2.24) is 16.0 Å². The number of carboxylic acid groups (broad SMARTS) is 1. The molecule has 0 aliphatic carbocycles. The van der Waals surface area contributed by atoms with Gasteiger partial charge in [0.1, 0.15) is 12.6 Å². The summed E-state index contributed by atoms with van der Waals surface area (Å²) >= 11 is 3.79. The summed E-state index contributed by atoms with van der Waals surface area (Å²) < 4.78 is 52.6. The molecule has 4 rings (SSSR count). The molecule has 0 bridgehead atoms. The molecule has 24 nitrogen and oxygen atoms in total. The van der Waals surface area contributed by atoms with Crippen LogP contribution in [0.25, 0.3) is 0 Å². The molecule has 2 aromatic rings. The van der Waals surface area contributed by atoms with Crippen molar-refractivity contribution in [3.05, 3.63) is 204 Å². The number of ether oxygens (including phenoxy) is 10. The molecule has 0 aromatic heterocycles. The van der Waals surface area contributed by atoms with Crippen molar-refractivity contribution in [2.45, 2.75) is 140 Å². The molecular formula is C80H146N5O19SW-. The second-order valence-corrected chi connectivity index (χ2v) is 19.1. The number of ketones is 2. The van der Waals surface area contributed by atoms with Crippen molar-refractivity contribution in [3.8, 4) is 0 Å². The Labute approximate surface area is 664 Å². The van der Waals surface area contributed by atoms with E-state index in [2.05, 4.69) is 133 Å². The van der Waals surface area contributed by atoms with E-state index in [1.165, 1.54) is 50.5 Å². The number of aliphatic imine (C=N–C) groups is 1. The number of nitrogens with two attached hydrogens (primary N) is 1. The monoisotopic (exact) mass is 1700 g/mol. The number of nitrogens with zero attached hydrogens (tertiary/aromatic N) is 1. The number of hydrogen-bond donors (Lipinski definition) is 8. The van der Waals surface area contributed by atoms with Gasteiger partial charge in [-0.3, -0.25) is 24.5 Å². The molecular weight excluding hydrogens is 1550 g/mol. The van der Waals surface area contributed by atoms with Crippen LogP contribution in [0, 0.1) is 12.0 Å². The van der Waals surface area contributed by atoms with Crippen LogP contribution in [-0.2, 0) is 110 Å². The predicted octanol–water partition coefficient (Wildman–Crippen LogP) is 13.8. The number of isocyanates is 1. The van der Waals surface area contributed by atoms with Gasteiger partial charge in [0.15, 0.2) is 12.6 Å². The normalized spacial score (nSPS) is 11.3. The number of aliphatic hydroxyl groups excluding tert-OH is 2. The van der Waals surface area contributed by atoms with E-state index in [0.717, 1.165) is 69.8 Å². The van der Waals surface area contributed by atoms with Gasteiger partial charge in [-0.05, 0) is 88.1 Å². The number of likely N-dealkylation sites (N-methyl/N-ethyl adjacent to an activating group) is 1. The number of allylic oxidation sites excluding steroid dienone is 4. The number of amides is 1. The van der Waals surface area contributed by atoms with Crippen LogP contribution in [0.15, 0.2) is 192 Å². The maximum Gasteiger partial charge on any atom is 0.329 e. The van der Waals surface area contributed by atoms with Crippen LogP contribution in [0.2, 0.25) is 0 Å². The Bertz CT molecular complexity index is 2250. The molecule has 8 N–H and O–H groups in total. The third kappa shape index (κ3) is 168. The second kappa shape index (κ2) is 134. The van der Waals surface area contributed by atoms with Crippen LogP contribution in [0.3, 0.4) is 0 Å². The minimum Gasteiger partial charge on any atom is -0.570 e. The standard InChI is InChI=1S/C14H19NO.C12H15NO.C7H12O.C6H12O2.C5H10O2.C4H7NO.C4H8O2.C4H6O2.C4H8.C3H5O.C3H6O.C2H7NO.C2H3NO.C2H4O2.C2H6O.C2H6S.2C2H6.W/c1-3-10-15-13(14(16)4-2)11-12-8-6-5-7-9-12;1-2-6-12(14)11(13)9-10-7-4-3-5-8-10;1-3-4-5-6-7-8-2;1-6(3-7-2)4-8-5-6;1-3-4-7-5-6-2;1-3-4(6)5-2;1-3-6-4-5-2;1-3-4(5)6-2;1-3-4-2;1-3-2-4-3;1-3-4-2;2*1-3-2-4;1-2(3)4;2*1-2-3;2*1-2;/h3,5-9,13,15H,1,4,10-11H2,2H3;2-8,11H,9,13H2,1H3;3,6-7H,1,4-5H2,2H3;3-5H2,1-2H3;3H,1,4-5H2,2H3;3H,1H2,2H3,(H,5,6);3H,1,4H2,2H3;3H,1H2,2H3;3H,1,4H2,2H3;2-3H,1H3;3H,1H2,2H3;3-4H,2H2,1H3;1H3;1H3,(H,3,4);2*3H,2H2,1H3;2*1-2H3;/q;;;;;;;;;-1;;;;;;;;;/t13-;11-;;;;;;;;;;;;;;;;;/m00................./s1/i;;;;;;;;;2D;;;;;;;;;.